The fourth-order valence-electron chi connectivity index (χ4n) is 9.16. The second-order valence-electron chi connectivity index (χ2n) is 18.6. The van der Waals surface area contributed by atoms with E-state index in [0.717, 1.165) is 0 Å². The molecule has 404 valence electrons. The average molecular weight is 1030 g/mol. The van der Waals surface area contributed by atoms with E-state index in [0.29, 0.717) is 70.0 Å². The Balaban J connectivity index is 1.36. The van der Waals surface area contributed by atoms with Crippen LogP contribution in [0.1, 0.15) is 90.0 Å². The van der Waals surface area contributed by atoms with Crippen molar-refractivity contribution >= 4 is 65.1 Å². The minimum atomic E-state index is -1.55. The molecular weight excluding hydrogens is 951 g/mol. The third kappa shape index (κ3) is 17.3. The number of hydrogen-bond acceptors (Lipinski definition) is 13. The standard InChI is InChI=1S/C47H75N15O11/c1-3-27(2)37(59-36(64)25-55-39(66)33-16-9-22-61(33)44(71)35-18-11-23-62(35)42(69)29(48)14-7-19-53-46(49)50)41(68)58-32(26-63)43(70)60-21-10-17-34(60)40(67)57-31(24-28-12-5-4-6-13-28)38(65)56-30(45(72)73)15-8-20-54-47(51)52/h4-6,12-13,27,29-35,37,63H,3,7-11,14-26,48H2,1-2H3,(H,55,66)(H,56,65)(H,57,67)(H,58,68)(H,59,64)(H,72,73)(H4,49,50,53)(H4,51,52,54)/t27-,29-,30-,31-,32-,33-,34-,35-,37-/m0/s1. The Morgan fingerprint density at radius 3 is 1.81 bits per heavy atom. The average Bonchev–Trinajstić information content (AvgIpc) is 4.18. The lowest BCUT2D eigenvalue weighted by Crippen LogP contribution is -2.60. The summed E-state index contributed by atoms with van der Waals surface area (Å²) < 4.78 is 0. The molecule has 4 rings (SSSR count). The maximum atomic E-state index is 14.0. The molecule has 3 aliphatic heterocycles. The number of aliphatic hydroxyl groups excluding tert-OH is 1. The molecule has 0 spiro atoms. The Bertz CT molecular complexity index is 2160. The van der Waals surface area contributed by atoms with Gasteiger partial charge in [0.15, 0.2) is 11.9 Å². The van der Waals surface area contributed by atoms with Crippen LogP contribution in [0.15, 0.2) is 40.3 Å². The highest BCUT2D eigenvalue weighted by atomic mass is 16.4. The van der Waals surface area contributed by atoms with Gasteiger partial charge in [0.2, 0.25) is 47.3 Å². The van der Waals surface area contributed by atoms with Crippen molar-refractivity contribution in [1.29, 1.82) is 0 Å². The molecule has 73 heavy (non-hydrogen) atoms. The number of nitrogens with zero attached hydrogens (tertiary/aromatic N) is 5. The second-order valence-corrected chi connectivity index (χ2v) is 18.6. The zero-order valence-corrected chi connectivity index (χ0v) is 41.7. The van der Waals surface area contributed by atoms with E-state index in [1.165, 1.54) is 14.7 Å². The van der Waals surface area contributed by atoms with E-state index in [-0.39, 0.29) is 63.1 Å². The number of carboxylic acids is 1. The normalized spacial score (nSPS) is 19.8. The molecule has 0 aromatic heterocycles. The lowest BCUT2D eigenvalue weighted by atomic mass is 9.97. The molecule has 1 aromatic rings. The highest BCUT2D eigenvalue weighted by Crippen LogP contribution is 2.26. The number of carbonyl (C=O) groups excluding carboxylic acids is 8. The molecule has 0 aliphatic carbocycles. The predicted octanol–water partition coefficient (Wildman–Crippen LogP) is -4.19. The lowest BCUT2D eigenvalue weighted by Gasteiger charge is -2.32. The SMILES string of the molecule is CC[C@H](C)[C@H](NC(=O)CNC(=O)[C@@H]1CCCN1C(=O)[C@@H]1CCCN1C(=O)[C@@H](N)CCCN=C(N)N)C(=O)N[C@@H](CO)C(=O)N1CCC[C@H]1C(=O)N[C@@H](Cc1ccccc1)C(=O)N[C@@H](CCCN=C(N)N)C(=O)O. The zero-order valence-electron chi connectivity index (χ0n) is 41.7. The fourth-order valence-corrected chi connectivity index (χ4v) is 9.16. The maximum absolute atomic E-state index is 14.0. The first-order valence-electron chi connectivity index (χ1n) is 24.9. The first-order valence-corrected chi connectivity index (χ1v) is 24.9. The summed E-state index contributed by atoms with van der Waals surface area (Å²) in [6, 6.07) is -0.414. The van der Waals surface area contributed by atoms with Gasteiger partial charge in [-0.2, -0.15) is 0 Å². The molecular formula is C47H75N15O11. The number of benzene rings is 1. The Hall–Kier alpha value is -7.09. The van der Waals surface area contributed by atoms with Gasteiger partial charge >= 0.3 is 5.97 Å². The van der Waals surface area contributed by atoms with Gasteiger partial charge in [-0.15, -0.1) is 0 Å². The molecule has 0 saturated carbocycles. The van der Waals surface area contributed by atoms with Gasteiger partial charge in [0.05, 0.1) is 19.2 Å². The smallest absolute Gasteiger partial charge is 0.326 e. The van der Waals surface area contributed by atoms with Crippen LogP contribution in [0.3, 0.4) is 0 Å². The molecule has 9 atom stereocenters. The summed E-state index contributed by atoms with van der Waals surface area (Å²) in [6.07, 6.45) is 3.68. The van der Waals surface area contributed by atoms with E-state index in [9.17, 15) is 53.4 Å². The highest BCUT2D eigenvalue weighted by Gasteiger charge is 2.44. The summed E-state index contributed by atoms with van der Waals surface area (Å²) in [7, 11) is 0. The molecule has 26 nitrogen and oxygen atoms in total. The number of rotatable bonds is 27. The largest absolute Gasteiger partial charge is 0.480 e. The van der Waals surface area contributed by atoms with Crippen LogP contribution in [-0.4, -0.2) is 184 Å². The first-order chi connectivity index (χ1) is 34.8. The van der Waals surface area contributed by atoms with E-state index >= 15 is 0 Å². The van der Waals surface area contributed by atoms with Crippen LogP contribution in [0.2, 0.25) is 0 Å². The lowest BCUT2D eigenvalue weighted by molar-refractivity contribution is -0.147. The zero-order chi connectivity index (χ0) is 53.8. The van der Waals surface area contributed by atoms with Crippen molar-refractivity contribution in [2.45, 2.75) is 139 Å². The molecule has 8 amide bonds. The molecule has 0 radical (unpaired) electrons. The molecule has 0 bridgehead atoms. The topological polar surface area (TPSA) is 419 Å². The number of aliphatic carboxylic acids is 1. The fraction of sp³-hybridized carbons (Fsp3) is 0.638. The minimum absolute atomic E-state index is 0.0153. The van der Waals surface area contributed by atoms with Gasteiger partial charge in [-0.3, -0.25) is 48.3 Å². The van der Waals surface area contributed by atoms with Crippen LogP contribution in [0.5, 0.6) is 0 Å². The van der Waals surface area contributed by atoms with Gasteiger partial charge in [-0.25, -0.2) is 4.79 Å². The Morgan fingerprint density at radius 2 is 1.23 bits per heavy atom. The van der Waals surface area contributed by atoms with E-state index < -0.39 is 115 Å². The molecule has 3 saturated heterocycles. The minimum Gasteiger partial charge on any atom is -0.480 e. The number of carbonyl (C=O) groups is 9. The van der Waals surface area contributed by atoms with Crippen molar-refractivity contribution in [2.24, 2.45) is 44.6 Å². The van der Waals surface area contributed by atoms with Crippen LogP contribution in [-0.2, 0) is 49.6 Å². The number of amides is 8. The molecule has 3 heterocycles. The molecule has 1 aromatic carbocycles. The van der Waals surface area contributed by atoms with E-state index in [1.807, 2.05) is 0 Å². The summed E-state index contributed by atoms with van der Waals surface area (Å²) in [5.41, 5.74) is 28.3. The summed E-state index contributed by atoms with van der Waals surface area (Å²) >= 11 is 0. The quantitative estimate of drug-likeness (QED) is 0.0226. The highest BCUT2D eigenvalue weighted by molar-refractivity contribution is 5.98. The summed E-state index contributed by atoms with van der Waals surface area (Å²) in [5, 5.41) is 33.2. The van der Waals surface area contributed by atoms with Gasteiger partial charge in [-0.05, 0) is 75.7 Å². The van der Waals surface area contributed by atoms with Crippen molar-refractivity contribution in [2.75, 3.05) is 45.9 Å². The number of carboxylic acid groups (broad SMARTS) is 1. The number of nitrogens with one attached hydrogen (secondary N) is 5. The monoisotopic (exact) mass is 1030 g/mol. The van der Waals surface area contributed by atoms with E-state index in [4.69, 9.17) is 28.7 Å². The molecule has 3 aliphatic rings. The predicted molar refractivity (Wildman–Crippen MR) is 267 cm³/mol. The molecule has 26 heteroatoms. The maximum Gasteiger partial charge on any atom is 0.326 e. The Kier molecular flexibility index (Phi) is 23.1. The Labute approximate surface area is 424 Å². The second kappa shape index (κ2) is 28.8. The number of hydrogen-bond donors (Lipinski definition) is 12. The van der Waals surface area contributed by atoms with Crippen LogP contribution >= 0.6 is 0 Å². The van der Waals surface area contributed by atoms with Gasteiger partial charge < -0.3 is 80.2 Å². The number of nitrogens with two attached hydrogens (primary N) is 5. The van der Waals surface area contributed by atoms with Crippen molar-refractivity contribution in [3.63, 3.8) is 0 Å². The molecule has 17 N–H and O–H groups in total. The third-order valence-corrected chi connectivity index (χ3v) is 13.3. The number of likely N-dealkylation sites (tertiary alicyclic amines) is 3. The first kappa shape index (κ1) is 58.5. The van der Waals surface area contributed by atoms with Crippen molar-refractivity contribution in [3.8, 4) is 0 Å². The van der Waals surface area contributed by atoms with Crippen molar-refractivity contribution in [1.82, 2.24) is 41.3 Å². The summed E-state index contributed by atoms with van der Waals surface area (Å²) in [6.45, 7) is 3.11. The van der Waals surface area contributed by atoms with Crippen molar-refractivity contribution < 1.29 is 53.4 Å². The number of aliphatic hydroxyl groups is 1. The Morgan fingerprint density at radius 1 is 0.685 bits per heavy atom. The molecule has 0 unspecified atom stereocenters. The summed E-state index contributed by atoms with van der Waals surface area (Å²) in [4.78, 5) is 133. The van der Waals surface area contributed by atoms with Gasteiger partial charge in [0.25, 0.3) is 0 Å². The van der Waals surface area contributed by atoms with Crippen LogP contribution < -0.4 is 55.3 Å². The van der Waals surface area contributed by atoms with Crippen molar-refractivity contribution in [3.05, 3.63) is 35.9 Å². The van der Waals surface area contributed by atoms with E-state index in [1.54, 1.807) is 44.2 Å². The van der Waals surface area contributed by atoms with Gasteiger partial charge in [0, 0.05) is 39.1 Å². The van der Waals surface area contributed by atoms with Crippen LogP contribution in [0, 0.1) is 5.92 Å². The van der Waals surface area contributed by atoms with Gasteiger partial charge in [0.1, 0.15) is 42.3 Å². The summed E-state index contributed by atoms with van der Waals surface area (Å²) in [5.74, 6) is -7.28. The number of aliphatic imine (C=N–C) groups is 2. The molecule has 3 fully saturated rings. The third-order valence-electron chi connectivity index (χ3n) is 13.3. The van der Waals surface area contributed by atoms with Crippen LogP contribution in [0.4, 0.5) is 0 Å². The van der Waals surface area contributed by atoms with Crippen LogP contribution in [0.25, 0.3) is 0 Å². The van der Waals surface area contributed by atoms with E-state index in [2.05, 4.69) is 36.6 Å². The number of guanidine groups is 2. The van der Waals surface area contributed by atoms with Gasteiger partial charge in [-0.1, -0.05) is 50.6 Å².